The lowest BCUT2D eigenvalue weighted by molar-refractivity contribution is 0.102. The Morgan fingerprint density at radius 2 is 1.74 bits per heavy atom. The first-order chi connectivity index (χ1) is 13.1. The lowest BCUT2D eigenvalue weighted by Crippen LogP contribution is -2.29. The van der Waals surface area contributed by atoms with Crippen molar-refractivity contribution in [1.82, 2.24) is 9.78 Å². The second-order valence-corrected chi connectivity index (χ2v) is 6.88. The molecule has 1 aliphatic heterocycles. The SMILES string of the molecule is Cn1nc(C(=O)Nc2cccc(N3CCCCC3)c2)c2ccccc2c1=O. The summed E-state index contributed by atoms with van der Waals surface area (Å²) in [4.78, 5) is 27.5. The van der Waals surface area contributed by atoms with Gasteiger partial charge in [0.1, 0.15) is 0 Å². The smallest absolute Gasteiger partial charge is 0.276 e. The van der Waals surface area contributed by atoms with E-state index in [9.17, 15) is 9.59 Å². The molecule has 1 fully saturated rings. The molecule has 1 saturated heterocycles. The fourth-order valence-corrected chi connectivity index (χ4v) is 3.59. The molecule has 27 heavy (non-hydrogen) atoms. The molecule has 3 aromatic rings. The molecular formula is C21H22N4O2. The number of amides is 1. The normalized spacial score (nSPS) is 14.3. The van der Waals surface area contributed by atoms with Crippen LogP contribution in [0.1, 0.15) is 29.8 Å². The molecule has 1 N–H and O–H groups in total. The second kappa shape index (κ2) is 7.23. The van der Waals surface area contributed by atoms with Crippen LogP contribution in [0.5, 0.6) is 0 Å². The number of fused-ring (bicyclic) bond motifs is 1. The van der Waals surface area contributed by atoms with E-state index in [4.69, 9.17) is 0 Å². The summed E-state index contributed by atoms with van der Waals surface area (Å²) in [6.45, 7) is 2.09. The van der Waals surface area contributed by atoms with E-state index < -0.39 is 0 Å². The lowest BCUT2D eigenvalue weighted by atomic mass is 10.1. The van der Waals surface area contributed by atoms with Gasteiger partial charge in [0.25, 0.3) is 11.5 Å². The van der Waals surface area contributed by atoms with Crippen molar-refractivity contribution < 1.29 is 4.79 Å². The number of rotatable bonds is 3. The van der Waals surface area contributed by atoms with Gasteiger partial charge in [0.15, 0.2) is 5.69 Å². The predicted octanol–water partition coefficient (Wildman–Crippen LogP) is 3.18. The molecule has 1 aliphatic rings. The molecule has 0 radical (unpaired) electrons. The summed E-state index contributed by atoms with van der Waals surface area (Å²) in [5, 5.41) is 8.17. The van der Waals surface area contributed by atoms with Gasteiger partial charge in [0, 0.05) is 36.9 Å². The van der Waals surface area contributed by atoms with E-state index in [1.54, 1.807) is 31.3 Å². The third kappa shape index (κ3) is 3.43. The van der Waals surface area contributed by atoms with Crippen molar-refractivity contribution >= 4 is 28.1 Å². The largest absolute Gasteiger partial charge is 0.371 e. The average molecular weight is 362 g/mol. The Morgan fingerprint density at radius 3 is 2.52 bits per heavy atom. The Labute approximate surface area is 157 Å². The van der Waals surface area contributed by atoms with Crippen molar-refractivity contribution in [2.75, 3.05) is 23.3 Å². The van der Waals surface area contributed by atoms with Gasteiger partial charge in [-0.2, -0.15) is 5.10 Å². The van der Waals surface area contributed by atoms with Gasteiger partial charge < -0.3 is 10.2 Å². The molecule has 0 bridgehead atoms. The van der Waals surface area contributed by atoms with Gasteiger partial charge in [-0.3, -0.25) is 9.59 Å². The van der Waals surface area contributed by atoms with Gasteiger partial charge in [0.2, 0.25) is 0 Å². The van der Waals surface area contributed by atoms with Crippen LogP contribution in [0.3, 0.4) is 0 Å². The molecule has 0 atom stereocenters. The standard InChI is InChI=1S/C21H22N4O2/c1-24-21(27)18-11-4-3-10-17(18)19(23-24)20(26)22-15-8-7-9-16(14-15)25-12-5-2-6-13-25/h3-4,7-11,14H,2,5-6,12-13H2,1H3,(H,22,26). The Bertz CT molecular complexity index is 1050. The number of piperidine rings is 1. The van der Waals surface area contributed by atoms with Gasteiger partial charge >= 0.3 is 0 Å². The number of aromatic nitrogens is 2. The lowest BCUT2D eigenvalue weighted by Gasteiger charge is -2.29. The number of nitrogens with one attached hydrogen (secondary N) is 1. The van der Waals surface area contributed by atoms with Crippen LogP contribution in [0.2, 0.25) is 0 Å². The maximum atomic E-state index is 12.9. The molecule has 0 saturated carbocycles. The fraction of sp³-hybridized carbons (Fsp3) is 0.286. The van der Waals surface area contributed by atoms with Crippen molar-refractivity contribution in [2.45, 2.75) is 19.3 Å². The van der Waals surface area contributed by atoms with Gasteiger partial charge in [0.05, 0.1) is 5.39 Å². The van der Waals surface area contributed by atoms with E-state index in [1.165, 1.54) is 23.9 Å². The quantitative estimate of drug-likeness (QED) is 0.777. The van der Waals surface area contributed by atoms with Crippen LogP contribution in [-0.4, -0.2) is 28.8 Å². The van der Waals surface area contributed by atoms with Crippen LogP contribution in [0, 0.1) is 0 Å². The van der Waals surface area contributed by atoms with Crippen molar-refractivity contribution in [3.05, 3.63) is 64.6 Å². The average Bonchev–Trinajstić information content (AvgIpc) is 2.71. The topological polar surface area (TPSA) is 67.2 Å². The molecule has 2 heterocycles. The second-order valence-electron chi connectivity index (χ2n) is 6.88. The van der Waals surface area contributed by atoms with E-state index in [-0.39, 0.29) is 17.2 Å². The molecule has 6 heteroatoms. The molecule has 0 unspecified atom stereocenters. The zero-order valence-corrected chi connectivity index (χ0v) is 15.3. The number of nitrogens with zero attached hydrogens (tertiary/aromatic N) is 3. The van der Waals surface area contributed by atoms with Crippen molar-refractivity contribution in [2.24, 2.45) is 7.05 Å². The zero-order valence-electron chi connectivity index (χ0n) is 15.3. The fourth-order valence-electron chi connectivity index (χ4n) is 3.59. The van der Waals surface area contributed by atoms with Crippen LogP contribution >= 0.6 is 0 Å². The Balaban J connectivity index is 1.64. The van der Waals surface area contributed by atoms with Crippen LogP contribution in [0.15, 0.2) is 53.3 Å². The van der Waals surface area contributed by atoms with E-state index in [0.29, 0.717) is 10.8 Å². The number of hydrogen-bond donors (Lipinski definition) is 1. The van der Waals surface area contributed by atoms with Gasteiger partial charge in [-0.25, -0.2) is 4.68 Å². The molecule has 1 amide bonds. The molecule has 0 spiro atoms. The molecule has 1 aromatic heterocycles. The first-order valence-corrected chi connectivity index (χ1v) is 9.26. The summed E-state index contributed by atoms with van der Waals surface area (Å²) in [6.07, 6.45) is 3.67. The zero-order chi connectivity index (χ0) is 18.8. The van der Waals surface area contributed by atoms with E-state index >= 15 is 0 Å². The van der Waals surface area contributed by atoms with Crippen LogP contribution in [0.4, 0.5) is 11.4 Å². The minimum atomic E-state index is -0.322. The first-order valence-electron chi connectivity index (χ1n) is 9.26. The summed E-state index contributed by atoms with van der Waals surface area (Å²) < 4.78 is 1.21. The van der Waals surface area contributed by atoms with Crippen LogP contribution in [-0.2, 0) is 7.05 Å². The summed E-state index contributed by atoms with van der Waals surface area (Å²) in [5.41, 5.74) is 1.87. The van der Waals surface area contributed by atoms with Crippen LogP contribution < -0.4 is 15.8 Å². The maximum Gasteiger partial charge on any atom is 0.276 e. The van der Waals surface area contributed by atoms with E-state index in [2.05, 4.69) is 21.4 Å². The highest BCUT2D eigenvalue weighted by atomic mass is 16.2. The molecule has 0 aliphatic carbocycles. The molecular weight excluding hydrogens is 340 g/mol. The minimum Gasteiger partial charge on any atom is -0.371 e. The van der Waals surface area contributed by atoms with Gasteiger partial charge in [-0.05, 0) is 43.5 Å². The molecule has 2 aromatic carbocycles. The van der Waals surface area contributed by atoms with E-state index in [1.807, 2.05) is 18.2 Å². The molecule has 6 nitrogen and oxygen atoms in total. The summed E-state index contributed by atoms with van der Waals surface area (Å²) in [5.74, 6) is -0.322. The summed E-state index contributed by atoms with van der Waals surface area (Å²) in [6, 6.07) is 14.9. The molecule has 4 rings (SSSR count). The van der Waals surface area contributed by atoms with Crippen LogP contribution in [0.25, 0.3) is 10.8 Å². The van der Waals surface area contributed by atoms with Gasteiger partial charge in [-0.1, -0.05) is 24.3 Å². The third-order valence-corrected chi connectivity index (χ3v) is 5.00. The van der Waals surface area contributed by atoms with Crippen molar-refractivity contribution in [3.63, 3.8) is 0 Å². The Kier molecular flexibility index (Phi) is 4.62. The Morgan fingerprint density at radius 1 is 1.00 bits per heavy atom. The predicted molar refractivity (Wildman–Crippen MR) is 107 cm³/mol. The highest BCUT2D eigenvalue weighted by molar-refractivity contribution is 6.11. The van der Waals surface area contributed by atoms with Crippen molar-refractivity contribution in [3.8, 4) is 0 Å². The maximum absolute atomic E-state index is 12.9. The molecule has 138 valence electrons. The number of aryl methyl sites for hydroxylation is 1. The first kappa shape index (κ1) is 17.3. The Hall–Kier alpha value is -3.15. The number of carbonyl (C=O) groups is 1. The highest BCUT2D eigenvalue weighted by Gasteiger charge is 2.17. The number of hydrogen-bond acceptors (Lipinski definition) is 4. The van der Waals surface area contributed by atoms with Gasteiger partial charge in [-0.15, -0.1) is 0 Å². The number of anilines is 2. The van der Waals surface area contributed by atoms with Crippen molar-refractivity contribution in [1.29, 1.82) is 0 Å². The monoisotopic (exact) mass is 362 g/mol. The summed E-state index contributed by atoms with van der Waals surface area (Å²) >= 11 is 0. The van der Waals surface area contributed by atoms with E-state index in [0.717, 1.165) is 24.5 Å². The summed E-state index contributed by atoms with van der Waals surface area (Å²) in [7, 11) is 1.56. The minimum absolute atomic E-state index is 0.214. The number of benzene rings is 2. The number of carbonyl (C=O) groups excluding carboxylic acids is 1. The highest BCUT2D eigenvalue weighted by Crippen LogP contribution is 2.23. The third-order valence-electron chi connectivity index (χ3n) is 5.00.